The van der Waals surface area contributed by atoms with Gasteiger partial charge in [-0.1, -0.05) is 0 Å². The van der Waals surface area contributed by atoms with Crippen LogP contribution in [0.25, 0.3) is 0 Å². The molecule has 1 aromatic carbocycles. The number of anilines is 2. The zero-order valence-electron chi connectivity index (χ0n) is 9.55. The van der Waals surface area contributed by atoms with E-state index in [2.05, 4.69) is 5.32 Å². The van der Waals surface area contributed by atoms with E-state index in [1.807, 2.05) is 0 Å². The second-order valence-corrected chi connectivity index (χ2v) is 3.81. The summed E-state index contributed by atoms with van der Waals surface area (Å²) >= 11 is 0. The maximum absolute atomic E-state index is 11.9. The number of hydrogen-bond acceptors (Lipinski definition) is 3. The molecule has 0 fully saturated rings. The van der Waals surface area contributed by atoms with Crippen LogP contribution in [0.15, 0.2) is 18.2 Å². The van der Waals surface area contributed by atoms with E-state index >= 15 is 0 Å². The molecular formula is C11H14F3N3O. The van der Waals surface area contributed by atoms with Gasteiger partial charge in [0.15, 0.2) is 0 Å². The number of rotatable bonds is 5. The van der Waals surface area contributed by atoms with Crippen molar-refractivity contribution in [3.8, 4) is 0 Å². The molecule has 4 nitrogen and oxygen atoms in total. The third kappa shape index (κ3) is 4.52. The Balaban J connectivity index is 2.56. The summed E-state index contributed by atoms with van der Waals surface area (Å²) in [6, 6.07) is 4.36. The Bertz CT molecular complexity index is 432. The standard InChI is InChI=1S/C11H14F3N3O/c12-11(13,14)4-1-5-17-9-6-7(10(16)18)2-3-8(9)15/h2-3,6,17H,1,4-5,15H2,(H2,16,18). The predicted octanol–water partition coefficient (Wildman–Crippen LogP) is 2.12. The first-order valence-corrected chi connectivity index (χ1v) is 5.29. The summed E-state index contributed by atoms with van der Waals surface area (Å²) in [6.45, 7) is 0.117. The van der Waals surface area contributed by atoms with Gasteiger partial charge in [-0.15, -0.1) is 0 Å². The lowest BCUT2D eigenvalue weighted by atomic mass is 10.1. The fourth-order valence-corrected chi connectivity index (χ4v) is 1.37. The van der Waals surface area contributed by atoms with Gasteiger partial charge >= 0.3 is 6.18 Å². The molecule has 0 bridgehead atoms. The quantitative estimate of drug-likeness (QED) is 0.561. The van der Waals surface area contributed by atoms with Crippen molar-refractivity contribution in [2.24, 2.45) is 5.73 Å². The molecule has 0 aromatic heterocycles. The van der Waals surface area contributed by atoms with Crippen LogP contribution in [-0.4, -0.2) is 18.6 Å². The van der Waals surface area contributed by atoms with E-state index in [4.69, 9.17) is 11.5 Å². The number of nitrogens with one attached hydrogen (secondary N) is 1. The van der Waals surface area contributed by atoms with Crippen LogP contribution in [0.3, 0.4) is 0 Å². The maximum atomic E-state index is 11.9. The van der Waals surface area contributed by atoms with Crippen LogP contribution in [0.2, 0.25) is 0 Å². The molecule has 0 aliphatic rings. The van der Waals surface area contributed by atoms with Crippen molar-refractivity contribution in [2.75, 3.05) is 17.6 Å². The topological polar surface area (TPSA) is 81.1 Å². The summed E-state index contributed by atoms with van der Waals surface area (Å²) in [6.07, 6.45) is -5.10. The molecule has 0 atom stereocenters. The first-order valence-electron chi connectivity index (χ1n) is 5.29. The summed E-state index contributed by atoms with van der Waals surface area (Å²) in [7, 11) is 0. The summed E-state index contributed by atoms with van der Waals surface area (Å²) in [5.41, 5.74) is 11.7. The van der Waals surface area contributed by atoms with Crippen LogP contribution < -0.4 is 16.8 Å². The molecule has 1 amide bonds. The largest absolute Gasteiger partial charge is 0.397 e. The number of carbonyl (C=O) groups excluding carboxylic acids is 1. The Morgan fingerprint density at radius 2 is 2.00 bits per heavy atom. The number of nitrogens with two attached hydrogens (primary N) is 2. The van der Waals surface area contributed by atoms with E-state index in [-0.39, 0.29) is 18.5 Å². The minimum Gasteiger partial charge on any atom is -0.397 e. The first kappa shape index (κ1) is 14.1. The van der Waals surface area contributed by atoms with Crippen molar-refractivity contribution in [3.63, 3.8) is 0 Å². The molecule has 18 heavy (non-hydrogen) atoms. The fraction of sp³-hybridized carbons (Fsp3) is 0.364. The van der Waals surface area contributed by atoms with Gasteiger partial charge in [-0.25, -0.2) is 0 Å². The van der Waals surface area contributed by atoms with Gasteiger partial charge in [-0.2, -0.15) is 13.2 Å². The van der Waals surface area contributed by atoms with Gasteiger partial charge in [0.2, 0.25) is 5.91 Å². The molecule has 7 heteroatoms. The smallest absolute Gasteiger partial charge is 0.389 e. The van der Waals surface area contributed by atoms with Crippen LogP contribution >= 0.6 is 0 Å². The zero-order valence-corrected chi connectivity index (χ0v) is 9.55. The van der Waals surface area contributed by atoms with Crippen molar-refractivity contribution < 1.29 is 18.0 Å². The summed E-state index contributed by atoms with van der Waals surface area (Å²) in [5, 5.41) is 2.75. The van der Waals surface area contributed by atoms with Crippen LogP contribution in [0.5, 0.6) is 0 Å². The normalized spacial score (nSPS) is 11.3. The number of carbonyl (C=O) groups is 1. The van der Waals surface area contributed by atoms with E-state index in [0.717, 1.165) is 0 Å². The molecule has 1 rings (SSSR count). The van der Waals surface area contributed by atoms with Gasteiger partial charge in [0.1, 0.15) is 0 Å². The molecule has 0 heterocycles. The number of amides is 1. The van der Waals surface area contributed by atoms with Crippen molar-refractivity contribution in [2.45, 2.75) is 19.0 Å². The van der Waals surface area contributed by atoms with Crippen molar-refractivity contribution in [1.82, 2.24) is 0 Å². The van der Waals surface area contributed by atoms with E-state index < -0.39 is 18.5 Å². The zero-order chi connectivity index (χ0) is 13.8. The first-order chi connectivity index (χ1) is 8.29. The number of benzene rings is 1. The van der Waals surface area contributed by atoms with E-state index in [9.17, 15) is 18.0 Å². The SMILES string of the molecule is NC(=O)c1ccc(N)c(NCCCC(F)(F)F)c1. The molecular weight excluding hydrogens is 247 g/mol. The maximum Gasteiger partial charge on any atom is 0.389 e. The molecule has 0 unspecified atom stereocenters. The second-order valence-electron chi connectivity index (χ2n) is 3.81. The number of hydrogen-bond donors (Lipinski definition) is 3. The highest BCUT2D eigenvalue weighted by Gasteiger charge is 2.25. The van der Waals surface area contributed by atoms with Gasteiger partial charge in [0, 0.05) is 18.5 Å². The van der Waals surface area contributed by atoms with Crippen molar-refractivity contribution in [3.05, 3.63) is 23.8 Å². The van der Waals surface area contributed by atoms with E-state index in [1.165, 1.54) is 18.2 Å². The average molecular weight is 261 g/mol. The van der Waals surface area contributed by atoms with Gasteiger partial charge in [0.05, 0.1) is 11.4 Å². The fourth-order valence-electron chi connectivity index (χ4n) is 1.37. The monoisotopic (exact) mass is 261 g/mol. The summed E-state index contributed by atoms with van der Waals surface area (Å²) in [4.78, 5) is 10.9. The molecule has 0 aliphatic heterocycles. The second kappa shape index (κ2) is 5.61. The highest BCUT2D eigenvalue weighted by molar-refractivity contribution is 5.94. The van der Waals surface area contributed by atoms with Gasteiger partial charge < -0.3 is 16.8 Å². The average Bonchev–Trinajstić information content (AvgIpc) is 2.24. The third-order valence-corrected chi connectivity index (χ3v) is 2.29. The molecule has 5 N–H and O–H groups in total. The molecule has 0 aliphatic carbocycles. The van der Waals surface area contributed by atoms with Gasteiger partial charge in [0.25, 0.3) is 0 Å². The molecule has 0 saturated heterocycles. The highest BCUT2D eigenvalue weighted by Crippen LogP contribution is 2.23. The molecule has 0 saturated carbocycles. The van der Waals surface area contributed by atoms with E-state index in [1.54, 1.807) is 0 Å². The Labute approximate surface area is 102 Å². The number of nitrogen functional groups attached to an aromatic ring is 1. The number of alkyl halides is 3. The Hall–Kier alpha value is -1.92. The Kier molecular flexibility index (Phi) is 4.41. The third-order valence-electron chi connectivity index (χ3n) is 2.29. The lowest BCUT2D eigenvalue weighted by Crippen LogP contribution is -2.14. The van der Waals surface area contributed by atoms with Crippen LogP contribution in [-0.2, 0) is 0 Å². The van der Waals surface area contributed by atoms with Gasteiger partial charge in [-0.05, 0) is 24.6 Å². The van der Waals surface area contributed by atoms with Gasteiger partial charge in [-0.3, -0.25) is 4.79 Å². The lowest BCUT2D eigenvalue weighted by Gasteiger charge is -2.11. The Morgan fingerprint density at radius 3 is 2.56 bits per heavy atom. The Morgan fingerprint density at radius 1 is 1.33 bits per heavy atom. The van der Waals surface area contributed by atoms with Crippen molar-refractivity contribution in [1.29, 1.82) is 0 Å². The number of primary amides is 1. The lowest BCUT2D eigenvalue weighted by molar-refractivity contribution is -0.134. The van der Waals surface area contributed by atoms with Crippen LogP contribution in [0, 0.1) is 0 Å². The highest BCUT2D eigenvalue weighted by atomic mass is 19.4. The van der Waals surface area contributed by atoms with Crippen molar-refractivity contribution >= 4 is 17.3 Å². The number of halogens is 3. The summed E-state index contributed by atoms with van der Waals surface area (Å²) in [5.74, 6) is -0.617. The molecule has 1 aromatic rings. The minimum absolute atomic E-state index is 0.0657. The molecule has 0 spiro atoms. The van der Waals surface area contributed by atoms with E-state index in [0.29, 0.717) is 11.4 Å². The molecule has 100 valence electrons. The summed E-state index contributed by atoms with van der Waals surface area (Å²) < 4.78 is 35.8. The van der Waals surface area contributed by atoms with Crippen LogP contribution in [0.4, 0.5) is 24.5 Å². The molecule has 0 radical (unpaired) electrons. The minimum atomic E-state index is -4.16. The van der Waals surface area contributed by atoms with Crippen LogP contribution in [0.1, 0.15) is 23.2 Å². The predicted molar refractivity (Wildman–Crippen MR) is 63.2 cm³/mol.